The van der Waals surface area contributed by atoms with Crippen LogP contribution in [0.15, 0.2) is 54.2 Å². The van der Waals surface area contributed by atoms with Crippen molar-refractivity contribution in [1.29, 1.82) is 0 Å². The molecule has 2 aromatic carbocycles. The zero-order valence-corrected chi connectivity index (χ0v) is 20.8. The van der Waals surface area contributed by atoms with E-state index in [1.165, 1.54) is 17.8 Å². The molecule has 0 fully saturated rings. The van der Waals surface area contributed by atoms with Crippen molar-refractivity contribution in [1.82, 2.24) is 20.1 Å². The molecule has 2 N–H and O–H groups in total. The second-order valence-electron chi connectivity index (χ2n) is 6.54. The van der Waals surface area contributed by atoms with E-state index in [1.807, 2.05) is 0 Å². The summed E-state index contributed by atoms with van der Waals surface area (Å²) in [4.78, 5) is 24.8. The lowest BCUT2D eigenvalue weighted by molar-refractivity contribution is -0.113. The molecule has 0 atom stereocenters. The third kappa shape index (κ3) is 6.65. The van der Waals surface area contributed by atoms with Gasteiger partial charge in [-0.25, -0.2) is 0 Å². The molecular weight excluding hydrogens is 528 g/mol. The normalized spacial score (nSPS) is 10.7. The monoisotopic (exact) mass is 543 g/mol. The van der Waals surface area contributed by atoms with Gasteiger partial charge in [0.05, 0.1) is 38.6 Å². The van der Waals surface area contributed by atoms with E-state index in [9.17, 15) is 9.59 Å². The second kappa shape index (κ2) is 11.8. The van der Waals surface area contributed by atoms with Crippen molar-refractivity contribution in [3.8, 4) is 0 Å². The maximum Gasteiger partial charge on any atom is 0.253 e. The number of anilines is 1. The van der Waals surface area contributed by atoms with E-state index < -0.39 is 0 Å². The summed E-state index contributed by atoms with van der Waals surface area (Å²) in [5, 5.41) is 15.5. The van der Waals surface area contributed by atoms with Gasteiger partial charge in [0.15, 0.2) is 11.0 Å². The number of amides is 2. The number of aromatic nitrogens is 3. The molecule has 7 nitrogen and oxygen atoms in total. The van der Waals surface area contributed by atoms with Gasteiger partial charge in [-0.15, -0.1) is 16.8 Å². The molecule has 0 aliphatic carbocycles. The minimum atomic E-state index is -0.378. The van der Waals surface area contributed by atoms with Crippen LogP contribution in [-0.2, 0) is 17.9 Å². The summed E-state index contributed by atoms with van der Waals surface area (Å²) >= 11 is 25.2. The fourth-order valence-corrected chi connectivity index (χ4v) is 4.32. The molecule has 3 aromatic rings. The Bertz CT molecular complexity index is 1200. The number of carbonyl (C=O) groups is 2. The average Bonchev–Trinajstić information content (AvgIpc) is 3.15. The fraction of sp³-hybridized carbons (Fsp3) is 0.143. The lowest BCUT2D eigenvalue weighted by Gasteiger charge is -2.10. The van der Waals surface area contributed by atoms with Crippen molar-refractivity contribution in [2.75, 3.05) is 11.1 Å². The van der Waals surface area contributed by atoms with E-state index in [-0.39, 0.29) is 34.2 Å². The van der Waals surface area contributed by atoms with E-state index in [0.29, 0.717) is 38.8 Å². The van der Waals surface area contributed by atoms with Crippen LogP contribution >= 0.6 is 58.2 Å². The van der Waals surface area contributed by atoms with Gasteiger partial charge in [0.25, 0.3) is 5.91 Å². The van der Waals surface area contributed by atoms with Crippen LogP contribution in [0.25, 0.3) is 0 Å². The Balaban J connectivity index is 1.64. The van der Waals surface area contributed by atoms with E-state index in [4.69, 9.17) is 46.4 Å². The number of benzene rings is 2. The zero-order valence-electron chi connectivity index (χ0n) is 16.9. The highest BCUT2D eigenvalue weighted by Crippen LogP contribution is 2.30. The van der Waals surface area contributed by atoms with Crippen LogP contribution in [0.2, 0.25) is 20.1 Å². The van der Waals surface area contributed by atoms with Crippen LogP contribution in [0.5, 0.6) is 0 Å². The Morgan fingerprint density at radius 1 is 1.09 bits per heavy atom. The Kier molecular flexibility index (Phi) is 9.05. The predicted octanol–water partition coefficient (Wildman–Crippen LogP) is 5.74. The highest BCUT2D eigenvalue weighted by molar-refractivity contribution is 7.99. The van der Waals surface area contributed by atoms with Crippen LogP contribution in [0.4, 0.5) is 5.69 Å². The number of hydrogen-bond donors (Lipinski definition) is 2. The van der Waals surface area contributed by atoms with Crippen LogP contribution < -0.4 is 10.6 Å². The Morgan fingerprint density at radius 2 is 1.88 bits per heavy atom. The van der Waals surface area contributed by atoms with E-state index in [2.05, 4.69) is 27.4 Å². The molecule has 33 heavy (non-hydrogen) atoms. The summed E-state index contributed by atoms with van der Waals surface area (Å²) < 4.78 is 1.75. The number of thioether (sulfide) groups is 1. The molecule has 12 heteroatoms. The Labute approximate surface area is 214 Å². The quantitative estimate of drug-likeness (QED) is 0.265. The highest BCUT2D eigenvalue weighted by atomic mass is 35.5. The van der Waals surface area contributed by atoms with Crippen LogP contribution in [0.3, 0.4) is 0 Å². The lowest BCUT2D eigenvalue weighted by Crippen LogP contribution is -2.25. The summed E-state index contributed by atoms with van der Waals surface area (Å²) in [6.07, 6.45) is 1.67. The lowest BCUT2D eigenvalue weighted by atomic mass is 10.2. The van der Waals surface area contributed by atoms with Gasteiger partial charge in [-0.2, -0.15) is 0 Å². The minimum Gasteiger partial charge on any atom is -0.345 e. The van der Waals surface area contributed by atoms with E-state index in [1.54, 1.807) is 41.0 Å². The number of hydrogen-bond acceptors (Lipinski definition) is 5. The molecule has 1 aromatic heterocycles. The van der Waals surface area contributed by atoms with Gasteiger partial charge in [0, 0.05) is 11.6 Å². The number of allylic oxidation sites excluding steroid dienone is 1. The van der Waals surface area contributed by atoms with Gasteiger partial charge in [-0.1, -0.05) is 70.3 Å². The number of nitrogens with one attached hydrogen (secondary N) is 2. The van der Waals surface area contributed by atoms with E-state index in [0.717, 1.165) is 0 Å². The molecular formula is C21H17Cl4N5O2S. The van der Waals surface area contributed by atoms with Crippen molar-refractivity contribution >= 4 is 75.7 Å². The van der Waals surface area contributed by atoms with Crippen LogP contribution in [0.1, 0.15) is 16.2 Å². The van der Waals surface area contributed by atoms with Crippen molar-refractivity contribution in [2.24, 2.45) is 0 Å². The van der Waals surface area contributed by atoms with Crippen LogP contribution in [0, 0.1) is 0 Å². The summed E-state index contributed by atoms with van der Waals surface area (Å²) in [5.74, 6) is -0.110. The van der Waals surface area contributed by atoms with E-state index >= 15 is 0 Å². The molecule has 0 unspecified atom stereocenters. The van der Waals surface area contributed by atoms with Crippen molar-refractivity contribution in [3.05, 3.63) is 80.5 Å². The Morgan fingerprint density at radius 3 is 2.61 bits per heavy atom. The zero-order chi connectivity index (χ0) is 24.0. The number of halogens is 4. The molecule has 0 aliphatic rings. The van der Waals surface area contributed by atoms with Crippen molar-refractivity contribution in [2.45, 2.75) is 18.2 Å². The predicted molar refractivity (Wildman–Crippen MR) is 134 cm³/mol. The SMILES string of the molecule is C=CCn1c(CNC(=O)c2ccc(Cl)cc2Cl)nnc1SCC(=O)Nc1cccc(Cl)c1Cl. The standard InChI is InChI=1S/C21H17Cl4N5O2S/c1-2-8-30-17(10-26-20(32)13-7-6-12(22)9-15(13)24)28-29-21(30)33-11-18(31)27-16-5-3-4-14(23)19(16)25/h2-7,9H,1,8,10-11H2,(H,26,32)(H,27,31). The topological polar surface area (TPSA) is 88.9 Å². The maximum absolute atomic E-state index is 12.5. The minimum absolute atomic E-state index is 0.0604. The molecule has 3 rings (SSSR count). The van der Waals surface area contributed by atoms with Gasteiger partial charge in [0.2, 0.25) is 5.91 Å². The smallest absolute Gasteiger partial charge is 0.253 e. The molecule has 172 valence electrons. The fourth-order valence-electron chi connectivity index (χ4n) is 2.71. The number of rotatable bonds is 9. The van der Waals surface area contributed by atoms with Gasteiger partial charge >= 0.3 is 0 Å². The van der Waals surface area contributed by atoms with Gasteiger partial charge < -0.3 is 15.2 Å². The molecule has 0 radical (unpaired) electrons. The van der Waals surface area contributed by atoms with Crippen molar-refractivity contribution < 1.29 is 9.59 Å². The average molecular weight is 545 g/mol. The largest absolute Gasteiger partial charge is 0.345 e. The summed E-state index contributed by atoms with van der Waals surface area (Å²) in [7, 11) is 0. The molecule has 0 spiro atoms. The third-order valence-corrected chi connectivity index (χ3v) is 6.58. The first-order valence-electron chi connectivity index (χ1n) is 9.43. The molecule has 2 amide bonds. The summed E-state index contributed by atoms with van der Waals surface area (Å²) in [6.45, 7) is 4.23. The summed E-state index contributed by atoms with van der Waals surface area (Å²) in [5.41, 5.74) is 0.716. The van der Waals surface area contributed by atoms with Gasteiger partial charge in [-0.05, 0) is 30.3 Å². The number of nitrogens with zero attached hydrogens (tertiary/aromatic N) is 3. The van der Waals surface area contributed by atoms with Crippen molar-refractivity contribution in [3.63, 3.8) is 0 Å². The first kappa shape index (κ1) is 25.4. The first-order chi connectivity index (χ1) is 15.8. The molecule has 1 heterocycles. The Hall–Kier alpha value is -2.23. The summed E-state index contributed by atoms with van der Waals surface area (Å²) in [6, 6.07) is 9.60. The van der Waals surface area contributed by atoms with Crippen LogP contribution in [-0.4, -0.2) is 32.3 Å². The highest BCUT2D eigenvalue weighted by Gasteiger charge is 2.17. The first-order valence-corrected chi connectivity index (χ1v) is 11.9. The molecule has 0 saturated heterocycles. The molecule has 0 bridgehead atoms. The maximum atomic E-state index is 12.5. The van der Waals surface area contributed by atoms with Gasteiger partial charge in [0.1, 0.15) is 0 Å². The third-order valence-electron chi connectivity index (χ3n) is 4.25. The second-order valence-corrected chi connectivity index (χ2v) is 9.11. The van der Waals surface area contributed by atoms with Gasteiger partial charge in [-0.3, -0.25) is 9.59 Å². The molecule has 0 aliphatic heterocycles. The number of carbonyl (C=O) groups excluding carboxylic acids is 2. The molecule has 0 saturated carbocycles.